The van der Waals surface area contributed by atoms with E-state index in [2.05, 4.69) is 12.0 Å². The van der Waals surface area contributed by atoms with Crippen LogP contribution in [-0.4, -0.2) is 24.6 Å². The zero-order chi connectivity index (χ0) is 19.7. The Morgan fingerprint density at radius 2 is 1.52 bits per heavy atom. The zero-order valence-corrected chi connectivity index (χ0v) is 16.4. The van der Waals surface area contributed by atoms with Gasteiger partial charge in [-0.1, -0.05) is 64.7 Å². The van der Waals surface area contributed by atoms with E-state index in [1.807, 2.05) is 29.7 Å². The van der Waals surface area contributed by atoms with Crippen LogP contribution in [0.15, 0.2) is 29.4 Å². The second-order valence-corrected chi connectivity index (χ2v) is 6.66. The van der Waals surface area contributed by atoms with Gasteiger partial charge in [0.05, 0.1) is 12.8 Å². The maximum atomic E-state index is 11.0. The van der Waals surface area contributed by atoms with Crippen molar-refractivity contribution in [3.05, 3.63) is 29.8 Å². The van der Waals surface area contributed by atoms with Crippen molar-refractivity contribution >= 4 is 18.0 Å². The topological polar surface area (TPSA) is 93.8 Å². The van der Waals surface area contributed by atoms with Crippen LogP contribution in [0.25, 0.3) is 0 Å². The smallest absolute Gasteiger partial charge is 0.329 e. The zero-order valence-electron chi connectivity index (χ0n) is 16.4. The molecule has 0 spiro atoms. The SMILES string of the molecule is CCCCCCCCCCCCOc1ccc(/C=N/NC(=O)C(N)=O)cc1. The molecule has 0 unspecified atom stereocenters. The Morgan fingerprint density at radius 3 is 2.07 bits per heavy atom. The van der Waals surface area contributed by atoms with Crippen LogP contribution in [0.3, 0.4) is 0 Å². The summed E-state index contributed by atoms with van der Waals surface area (Å²) in [5.74, 6) is -1.20. The number of carbonyl (C=O) groups is 2. The first-order valence-electron chi connectivity index (χ1n) is 9.99. The van der Waals surface area contributed by atoms with E-state index in [1.54, 1.807) is 0 Å². The van der Waals surface area contributed by atoms with Crippen LogP contribution in [0, 0.1) is 0 Å². The highest BCUT2D eigenvalue weighted by Gasteiger charge is 2.05. The Balaban J connectivity index is 2.07. The normalized spacial score (nSPS) is 10.9. The Morgan fingerprint density at radius 1 is 0.963 bits per heavy atom. The molecular weight excluding hydrogens is 342 g/mol. The van der Waals surface area contributed by atoms with E-state index in [1.165, 1.54) is 64.0 Å². The monoisotopic (exact) mass is 375 g/mol. The maximum Gasteiger partial charge on any atom is 0.329 e. The first-order chi connectivity index (χ1) is 13.1. The van der Waals surface area contributed by atoms with Gasteiger partial charge in [-0.3, -0.25) is 9.59 Å². The van der Waals surface area contributed by atoms with E-state index in [0.29, 0.717) is 0 Å². The molecule has 0 atom stereocenters. The van der Waals surface area contributed by atoms with E-state index in [4.69, 9.17) is 10.5 Å². The maximum absolute atomic E-state index is 11.0. The van der Waals surface area contributed by atoms with Gasteiger partial charge in [0, 0.05) is 0 Å². The molecular formula is C21H33N3O3. The standard InChI is InChI=1S/C21H33N3O3/c1-2-3-4-5-6-7-8-9-10-11-16-27-19-14-12-18(13-15-19)17-23-24-21(26)20(22)25/h12-15,17H,2-11,16H2,1H3,(H2,22,25)(H,24,26)/b23-17+. The summed E-state index contributed by atoms with van der Waals surface area (Å²) in [5, 5.41) is 3.66. The van der Waals surface area contributed by atoms with E-state index >= 15 is 0 Å². The number of benzene rings is 1. The van der Waals surface area contributed by atoms with Crippen molar-refractivity contribution < 1.29 is 14.3 Å². The number of unbranched alkanes of at least 4 members (excludes halogenated alkanes) is 9. The summed E-state index contributed by atoms with van der Waals surface area (Å²) in [4.78, 5) is 21.5. The third-order valence-electron chi connectivity index (χ3n) is 4.25. The van der Waals surface area contributed by atoms with Crippen LogP contribution < -0.4 is 15.9 Å². The summed E-state index contributed by atoms with van der Waals surface area (Å²) in [5.41, 5.74) is 7.64. The molecule has 0 aliphatic carbocycles. The third-order valence-corrected chi connectivity index (χ3v) is 4.25. The van der Waals surface area contributed by atoms with Crippen LogP contribution in [0.2, 0.25) is 0 Å². The lowest BCUT2D eigenvalue weighted by Crippen LogP contribution is -2.32. The van der Waals surface area contributed by atoms with Crippen LogP contribution in [0.1, 0.15) is 76.7 Å². The van der Waals surface area contributed by atoms with Gasteiger partial charge in [0.1, 0.15) is 5.75 Å². The highest BCUT2D eigenvalue weighted by atomic mass is 16.5. The Hall–Kier alpha value is -2.37. The molecule has 27 heavy (non-hydrogen) atoms. The van der Waals surface area contributed by atoms with Crippen molar-refractivity contribution in [3.63, 3.8) is 0 Å². The number of primary amides is 1. The number of ether oxygens (including phenoxy) is 1. The minimum atomic E-state index is -1.07. The van der Waals surface area contributed by atoms with Gasteiger partial charge in [-0.25, -0.2) is 5.43 Å². The lowest BCUT2D eigenvalue weighted by atomic mass is 10.1. The molecule has 1 aromatic carbocycles. The summed E-state index contributed by atoms with van der Waals surface area (Å²) < 4.78 is 5.73. The fraction of sp³-hybridized carbons (Fsp3) is 0.571. The predicted octanol–water partition coefficient (Wildman–Crippen LogP) is 3.92. The van der Waals surface area contributed by atoms with Crippen molar-refractivity contribution in [1.82, 2.24) is 5.43 Å². The van der Waals surface area contributed by atoms with E-state index in [0.717, 1.165) is 24.3 Å². The number of hydrogen-bond acceptors (Lipinski definition) is 4. The second-order valence-electron chi connectivity index (χ2n) is 6.66. The second kappa shape index (κ2) is 14.8. The average molecular weight is 376 g/mol. The summed E-state index contributed by atoms with van der Waals surface area (Å²) in [7, 11) is 0. The van der Waals surface area contributed by atoms with Crippen LogP contribution in [0.4, 0.5) is 0 Å². The molecule has 0 heterocycles. The lowest BCUT2D eigenvalue weighted by Gasteiger charge is -2.06. The number of nitrogens with two attached hydrogens (primary N) is 1. The first kappa shape index (κ1) is 22.7. The number of hydrazone groups is 1. The Bertz CT molecular complexity index is 571. The predicted molar refractivity (Wildman–Crippen MR) is 109 cm³/mol. The summed E-state index contributed by atoms with van der Waals surface area (Å²) in [6.07, 6.45) is 14.5. The molecule has 0 fully saturated rings. The lowest BCUT2D eigenvalue weighted by molar-refractivity contribution is -0.137. The number of nitrogens with zero attached hydrogens (tertiary/aromatic N) is 1. The van der Waals surface area contributed by atoms with Gasteiger partial charge in [-0.05, 0) is 36.2 Å². The fourth-order valence-electron chi connectivity index (χ4n) is 2.65. The Labute approximate surface area is 162 Å². The average Bonchev–Trinajstić information content (AvgIpc) is 2.67. The van der Waals surface area contributed by atoms with Crippen molar-refractivity contribution in [2.45, 2.75) is 71.1 Å². The van der Waals surface area contributed by atoms with Crippen LogP contribution in [-0.2, 0) is 9.59 Å². The molecule has 6 heteroatoms. The number of rotatable bonds is 14. The summed E-state index contributed by atoms with van der Waals surface area (Å²) >= 11 is 0. The van der Waals surface area contributed by atoms with E-state index in [-0.39, 0.29) is 0 Å². The van der Waals surface area contributed by atoms with Gasteiger partial charge in [0.25, 0.3) is 0 Å². The van der Waals surface area contributed by atoms with Crippen molar-refractivity contribution in [3.8, 4) is 5.75 Å². The van der Waals surface area contributed by atoms with Gasteiger partial charge in [-0.15, -0.1) is 0 Å². The molecule has 1 rings (SSSR count). The molecule has 0 bridgehead atoms. The summed E-state index contributed by atoms with van der Waals surface area (Å²) in [6.45, 7) is 2.97. The van der Waals surface area contributed by atoms with E-state index in [9.17, 15) is 9.59 Å². The number of nitrogens with one attached hydrogen (secondary N) is 1. The molecule has 6 nitrogen and oxygen atoms in total. The fourth-order valence-corrected chi connectivity index (χ4v) is 2.65. The van der Waals surface area contributed by atoms with Gasteiger partial charge < -0.3 is 10.5 Å². The summed E-state index contributed by atoms with van der Waals surface area (Å²) in [6, 6.07) is 7.36. The molecule has 0 radical (unpaired) electrons. The molecule has 0 saturated carbocycles. The van der Waals surface area contributed by atoms with E-state index < -0.39 is 11.8 Å². The molecule has 0 aromatic heterocycles. The molecule has 1 aromatic rings. The Kier molecular flexibility index (Phi) is 12.4. The van der Waals surface area contributed by atoms with Crippen molar-refractivity contribution in [1.29, 1.82) is 0 Å². The molecule has 3 N–H and O–H groups in total. The number of amides is 2. The van der Waals surface area contributed by atoms with Crippen molar-refractivity contribution in [2.24, 2.45) is 10.8 Å². The van der Waals surface area contributed by atoms with Gasteiger partial charge >= 0.3 is 11.8 Å². The number of hydrogen-bond donors (Lipinski definition) is 2. The quantitative estimate of drug-likeness (QED) is 0.223. The van der Waals surface area contributed by atoms with Gasteiger partial charge in [0.2, 0.25) is 0 Å². The minimum absolute atomic E-state index is 0.721. The van der Waals surface area contributed by atoms with Gasteiger partial charge in [-0.2, -0.15) is 5.10 Å². The third kappa shape index (κ3) is 11.8. The highest BCUT2D eigenvalue weighted by molar-refractivity contribution is 6.34. The van der Waals surface area contributed by atoms with Gasteiger partial charge in [0.15, 0.2) is 0 Å². The molecule has 150 valence electrons. The molecule has 0 aliphatic heterocycles. The largest absolute Gasteiger partial charge is 0.494 e. The van der Waals surface area contributed by atoms with Crippen LogP contribution in [0.5, 0.6) is 5.75 Å². The number of carbonyl (C=O) groups excluding carboxylic acids is 2. The highest BCUT2D eigenvalue weighted by Crippen LogP contribution is 2.13. The first-order valence-corrected chi connectivity index (χ1v) is 9.99. The molecule has 0 aliphatic rings. The minimum Gasteiger partial charge on any atom is -0.494 e. The van der Waals surface area contributed by atoms with Crippen molar-refractivity contribution in [2.75, 3.05) is 6.61 Å². The molecule has 2 amide bonds. The molecule has 0 saturated heterocycles. The van der Waals surface area contributed by atoms with Crippen LogP contribution >= 0.6 is 0 Å².